The van der Waals surface area contributed by atoms with E-state index in [4.69, 9.17) is 4.55 Å². The molecule has 0 heterocycles. The van der Waals surface area contributed by atoms with Gasteiger partial charge in [0.15, 0.2) is 0 Å². The van der Waals surface area contributed by atoms with Gasteiger partial charge in [0.25, 0.3) is 10.1 Å². The van der Waals surface area contributed by atoms with Crippen molar-refractivity contribution in [3.63, 3.8) is 0 Å². The smallest absolute Gasteiger partial charge is 0.282 e. The monoisotopic (exact) mass is 300 g/mol. The van der Waals surface area contributed by atoms with Crippen molar-refractivity contribution >= 4 is 10.1 Å². The van der Waals surface area contributed by atoms with Gasteiger partial charge >= 0.3 is 0 Å². The summed E-state index contributed by atoms with van der Waals surface area (Å²) in [5, 5.41) is 0. The number of rotatable bonds is 1. The van der Waals surface area contributed by atoms with Crippen LogP contribution in [0.5, 0.6) is 0 Å². The van der Waals surface area contributed by atoms with E-state index in [1.807, 2.05) is 6.92 Å². The minimum absolute atomic E-state index is 0. The second-order valence-electron chi connectivity index (χ2n) is 2.74. The summed E-state index contributed by atoms with van der Waals surface area (Å²) < 4.78 is 30.2. The molecule has 5 heteroatoms. The first kappa shape index (κ1) is 13.1. The van der Waals surface area contributed by atoms with E-state index in [2.05, 4.69) is 0 Å². The summed E-state index contributed by atoms with van der Waals surface area (Å²) in [6.07, 6.45) is 0. The van der Waals surface area contributed by atoms with E-state index >= 15 is 0 Å². The average Bonchev–Trinajstić information content (AvgIpc) is 1.83. The van der Waals surface area contributed by atoms with Gasteiger partial charge in [-0.15, -0.1) is 0 Å². The maximum absolute atomic E-state index is 10.7. The Morgan fingerprint density at radius 3 is 2.15 bits per heavy atom. The summed E-state index contributed by atoms with van der Waals surface area (Å²) in [6.45, 7) is 3.51. The van der Waals surface area contributed by atoms with Crippen LogP contribution in [0.4, 0.5) is 0 Å². The fraction of sp³-hybridized carbons (Fsp3) is 0.250. The van der Waals surface area contributed by atoms with Gasteiger partial charge < -0.3 is 0 Å². The van der Waals surface area contributed by atoms with Crippen LogP contribution in [0, 0.1) is 13.8 Å². The van der Waals surface area contributed by atoms with E-state index in [-0.39, 0.29) is 32.2 Å². The van der Waals surface area contributed by atoms with Crippen LogP contribution in [0.3, 0.4) is 0 Å². The van der Waals surface area contributed by atoms with Crippen molar-refractivity contribution in [1.29, 1.82) is 0 Å². The maximum Gasteiger partial charge on any atom is 0.294 e. The molecule has 0 bridgehead atoms. The fourth-order valence-electron chi connectivity index (χ4n) is 1.09. The third kappa shape index (κ3) is 3.35. The van der Waals surface area contributed by atoms with Crippen LogP contribution in [0.1, 0.15) is 11.1 Å². The van der Waals surface area contributed by atoms with Crippen molar-refractivity contribution in [3.8, 4) is 0 Å². The van der Waals surface area contributed by atoms with Crippen molar-refractivity contribution in [2.45, 2.75) is 18.7 Å². The molecule has 0 aliphatic carbocycles. The molecule has 0 atom stereocenters. The summed E-state index contributed by atoms with van der Waals surface area (Å²) >= 11 is 0. The summed E-state index contributed by atoms with van der Waals surface area (Å²) in [5.74, 6) is 0. The Bertz CT molecular complexity index is 398. The Hall–Kier alpha value is 0.0521. The van der Waals surface area contributed by atoms with Crippen molar-refractivity contribution in [2.24, 2.45) is 0 Å². The topological polar surface area (TPSA) is 54.4 Å². The van der Waals surface area contributed by atoms with Crippen LogP contribution in [-0.4, -0.2) is 13.0 Å². The molecule has 13 heavy (non-hydrogen) atoms. The van der Waals surface area contributed by atoms with Gasteiger partial charge in [-0.05, 0) is 25.5 Å². The van der Waals surface area contributed by atoms with E-state index in [0.717, 1.165) is 5.56 Å². The molecule has 0 aliphatic heterocycles. The third-order valence-corrected chi connectivity index (χ3v) is 2.62. The molecule has 3 nitrogen and oxygen atoms in total. The molecule has 0 fully saturated rings. The average molecular weight is 299 g/mol. The van der Waals surface area contributed by atoms with E-state index in [1.165, 1.54) is 6.07 Å². The zero-order valence-corrected chi connectivity index (χ0v) is 12.5. The van der Waals surface area contributed by atoms with Crippen LogP contribution in [0.2, 0.25) is 0 Å². The Morgan fingerprint density at radius 2 is 1.77 bits per heavy atom. The van der Waals surface area contributed by atoms with Gasteiger partial charge in [0.05, 0.1) is 4.90 Å². The summed E-state index contributed by atoms with van der Waals surface area (Å²) in [6, 6.07) is 4.76. The number of aryl methyl sites for hydroxylation is 2. The molecule has 0 aromatic heterocycles. The van der Waals surface area contributed by atoms with Crippen LogP contribution in [0.15, 0.2) is 23.1 Å². The molecule has 1 N–H and O–H groups in total. The van der Waals surface area contributed by atoms with Gasteiger partial charge in [-0.25, -0.2) is 0 Å². The number of hydrogen-bond donors (Lipinski definition) is 1. The molecule has 0 amide bonds. The first-order valence-electron chi connectivity index (χ1n) is 3.46. The van der Waals surface area contributed by atoms with Crippen molar-refractivity contribution in [1.82, 2.24) is 0 Å². The van der Waals surface area contributed by atoms with E-state index in [0.29, 0.717) is 5.56 Å². The minimum atomic E-state index is -4.05. The predicted octanol–water partition coefficient (Wildman–Crippen LogP) is 1.55. The first-order valence-corrected chi connectivity index (χ1v) is 4.90. The fourth-order valence-corrected chi connectivity index (χ4v) is 1.79. The number of hydrogen-bond acceptors (Lipinski definition) is 2. The van der Waals surface area contributed by atoms with Gasteiger partial charge in [0.1, 0.15) is 0 Å². The molecule has 1 aromatic carbocycles. The Morgan fingerprint density at radius 1 is 1.23 bits per heavy atom. The van der Waals surface area contributed by atoms with Crippen LogP contribution >= 0.6 is 0 Å². The van der Waals surface area contributed by atoms with Crippen molar-refractivity contribution in [2.75, 3.05) is 0 Å². The molecule has 0 aliphatic rings. The van der Waals surface area contributed by atoms with Gasteiger partial charge in [-0.2, -0.15) is 8.42 Å². The molecule has 68 valence electrons. The Labute approximate surface area is 98.1 Å². The SMILES string of the molecule is Cc1ccc(S(=O)(=O)O)c(C)c1.[Cd]. The van der Waals surface area contributed by atoms with Crippen LogP contribution in [0.25, 0.3) is 0 Å². The summed E-state index contributed by atoms with van der Waals surface area (Å²) in [5.41, 5.74) is 1.54. The number of benzene rings is 1. The van der Waals surface area contributed by atoms with Gasteiger partial charge in [0.2, 0.25) is 0 Å². The molecule has 0 saturated carbocycles. The normalized spacial score (nSPS) is 10.7. The van der Waals surface area contributed by atoms with Crippen molar-refractivity contribution < 1.29 is 40.3 Å². The molecule has 1 aromatic rings. The molecular formula is C8H10CdO3S. The quantitative estimate of drug-likeness (QED) is 0.632. The molecular weight excluding hydrogens is 289 g/mol. The van der Waals surface area contributed by atoms with E-state index < -0.39 is 10.1 Å². The van der Waals surface area contributed by atoms with Gasteiger partial charge in [0, 0.05) is 27.3 Å². The Balaban J connectivity index is 0.00000144. The molecule has 0 saturated heterocycles. The van der Waals surface area contributed by atoms with E-state index in [9.17, 15) is 8.42 Å². The molecule has 0 unspecified atom stereocenters. The largest absolute Gasteiger partial charge is 0.294 e. The van der Waals surface area contributed by atoms with E-state index in [1.54, 1.807) is 19.1 Å². The third-order valence-electron chi connectivity index (χ3n) is 1.61. The minimum Gasteiger partial charge on any atom is -0.282 e. The molecule has 1 rings (SSSR count). The first-order chi connectivity index (χ1) is 5.41. The Kier molecular flexibility index (Phi) is 4.54. The zero-order valence-electron chi connectivity index (χ0n) is 7.61. The molecule has 0 spiro atoms. The van der Waals surface area contributed by atoms with Gasteiger partial charge in [-0.1, -0.05) is 17.7 Å². The second-order valence-corrected chi connectivity index (χ2v) is 4.13. The second kappa shape index (κ2) is 4.52. The van der Waals surface area contributed by atoms with Crippen molar-refractivity contribution in [3.05, 3.63) is 29.3 Å². The summed E-state index contributed by atoms with van der Waals surface area (Å²) in [7, 11) is -4.05. The molecule has 0 radical (unpaired) electrons. The summed E-state index contributed by atoms with van der Waals surface area (Å²) in [4.78, 5) is -0.0203. The predicted molar refractivity (Wildman–Crippen MR) is 45.7 cm³/mol. The van der Waals surface area contributed by atoms with Gasteiger partial charge in [-0.3, -0.25) is 4.55 Å². The van der Waals surface area contributed by atoms with Crippen LogP contribution in [-0.2, 0) is 37.4 Å². The van der Waals surface area contributed by atoms with Crippen LogP contribution < -0.4 is 0 Å². The zero-order chi connectivity index (χ0) is 9.35. The maximum atomic E-state index is 10.7. The standard InChI is InChI=1S/C8H10O3S.Cd/c1-6-3-4-8(7(2)5-6)12(9,10)11;/h3-5H,1-2H3,(H,9,10,11);.